The maximum Gasteiger partial charge on any atom is 0.319 e. The molecule has 4 nitrogen and oxygen atoms in total. The molecule has 4 aliphatic carbocycles. The SMILES string of the molecule is N#Cc1c(Cl)cccc1NC(=O)NC12CC3CC(CC(C3)C1)C2. The van der Waals surface area contributed by atoms with Crippen LogP contribution < -0.4 is 10.6 Å². The molecule has 0 unspecified atom stereocenters. The second-order valence-electron chi connectivity index (χ2n) is 7.55. The van der Waals surface area contributed by atoms with E-state index in [1.165, 1.54) is 19.3 Å². The fourth-order valence-corrected chi connectivity index (χ4v) is 5.62. The van der Waals surface area contributed by atoms with Gasteiger partial charge in [-0.2, -0.15) is 5.26 Å². The predicted octanol–water partition coefficient (Wildman–Crippen LogP) is 4.30. The molecule has 5 heteroatoms. The monoisotopic (exact) mass is 329 g/mol. The van der Waals surface area contributed by atoms with E-state index in [1.54, 1.807) is 18.2 Å². The van der Waals surface area contributed by atoms with Crippen molar-refractivity contribution in [3.8, 4) is 6.07 Å². The maximum absolute atomic E-state index is 12.5. The Morgan fingerprint density at radius 1 is 1.17 bits per heavy atom. The van der Waals surface area contributed by atoms with Crippen LogP contribution in [-0.2, 0) is 0 Å². The summed E-state index contributed by atoms with van der Waals surface area (Å²) in [5, 5.41) is 15.6. The maximum atomic E-state index is 12.5. The Morgan fingerprint density at radius 3 is 2.35 bits per heavy atom. The van der Waals surface area contributed by atoms with Crippen molar-refractivity contribution in [1.29, 1.82) is 5.26 Å². The van der Waals surface area contributed by atoms with Crippen molar-refractivity contribution in [3.05, 3.63) is 28.8 Å². The fraction of sp³-hybridized carbons (Fsp3) is 0.556. The van der Waals surface area contributed by atoms with Crippen LogP contribution in [0.1, 0.15) is 44.1 Å². The van der Waals surface area contributed by atoms with Crippen LogP contribution in [0.2, 0.25) is 5.02 Å². The van der Waals surface area contributed by atoms with Crippen molar-refractivity contribution in [2.75, 3.05) is 5.32 Å². The van der Waals surface area contributed by atoms with Crippen LogP contribution >= 0.6 is 11.6 Å². The van der Waals surface area contributed by atoms with Crippen LogP contribution in [0.3, 0.4) is 0 Å². The second kappa shape index (κ2) is 5.42. The Balaban J connectivity index is 1.49. The fourth-order valence-electron chi connectivity index (χ4n) is 5.40. The number of hydrogen-bond acceptors (Lipinski definition) is 2. The van der Waals surface area contributed by atoms with E-state index in [4.69, 9.17) is 11.6 Å². The zero-order valence-corrected chi connectivity index (χ0v) is 13.7. The minimum Gasteiger partial charge on any atom is -0.332 e. The van der Waals surface area contributed by atoms with Crippen LogP contribution in [-0.4, -0.2) is 11.6 Å². The Bertz CT molecular complexity index is 659. The van der Waals surface area contributed by atoms with Gasteiger partial charge in [0.25, 0.3) is 0 Å². The highest BCUT2D eigenvalue weighted by Crippen LogP contribution is 2.55. The Morgan fingerprint density at radius 2 is 1.78 bits per heavy atom. The smallest absolute Gasteiger partial charge is 0.319 e. The summed E-state index contributed by atoms with van der Waals surface area (Å²) in [4.78, 5) is 12.5. The number of nitrogens with zero attached hydrogens (tertiary/aromatic N) is 1. The Labute approximate surface area is 141 Å². The topological polar surface area (TPSA) is 64.9 Å². The summed E-state index contributed by atoms with van der Waals surface area (Å²) >= 11 is 6.02. The number of nitriles is 1. The second-order valence-corrected chi connectivity index (χ2v) is 7.96. The third-order valence-electron chi connectivity index (χ3n) is 5.79. The number of rotatable bonds is 2. The zero-order valence-electron chi connectivity index (χ0n) is 12.9. The molecule has 0 aromatic heterocycles. The molecule has 5 rings (SSSR count). The van der Waals surface area contributed by atoms with Gasteiger partial charge in [-0.1, -0.05) is 17.7 Å². The molecule has 4 aliphatic rings. The van der Waals surface area contributed by atoms with Crippen LogP contribution in [0.4, 0.5) is 10.5 Å². The molecule has 4 saturated carbocycles. The van der Waals surface area contributed by atoms with Gasteiger partial charge in [-0.05, 0) is 68.4 Å². The van der Waals surface area contributed by atoms with Gasteiger partial charge in [0.15, 0.2) is 0 Å². The van der Waals surface area contributed by atoms with Crippen molar-refractivity contribution < 1.29 is 4.79 Å². The number of hydrogen-bond donors (Lipinski definition) is 2. The highest BCUT2D eigenvalue weighted by Gasteiger charge is 2.51. The molecule has 0 spiro atoms. The number of carbonyl (C=O) groups is 1. The molecule has 2 amide bonds. The lowest BCUT2D eigenvalue weighted by atomic mass is 9.53. The summed E-state index contributed by atoms with van der Waals surface area (Å²) in [7, 11) is 0. The summed E-state index contributed by atoms with van der Waals surface area (Å²) < 4.78 is 0. The summed E-state index contributed by atoms with van der Waals surface area (Å²) in [5.41, 5.74) is 0.751. The molecule has 4 fully saturated rings. The number of nitrogens with one attached hydrogen (secondary N) is 2. The van der Waals surface area contributed by atoms with E-state index in [0.717, 1.165) is 37.0 Å². The standard InChI is InChI=1S/C18H20ClN3O/c19-15-2-1-3-16(14(15)10-20)21-17(23)22-18-7-11-4-12(8-18)6-13(5-11)9-18/h1-3,11-13H,4-9H2,(H2,21,22,23). The molecule has 0 aliphatic heterocycles. The van der Waals surface area contributed by atoms with Crippen LogP contribution in [0.15, 0.2) is 18.2 Å². The van der Waals surface area contributed by atoms with E-state index < -0.39 is 0 Å². The van der Waals surface area contributed by atoms with Crippen LogP contribution in [0, 0.1) is 29.1 Å². The molecule has 2 N–H and O–H groups in total. The summed E-state index contributed by atoms with van der Waals surface area (Å²) in [6, 6.07) is 6.94. The first-order valence-corrected chi connectivity index (χ1v) is 8.72. The molecule has 4 bridgehead atoms. The Kier molecular flexibility index (Phi) is 3.50. The van der Waals surface area contributed by atoms with Crippen molar-refractivity contribution in [2.24, 2.45) is 17.8 Å². The molecule has 120 valence electrons. The van der Waals surface area contributed by atoms with Gasteiger partial charge in [-0.3, -0.25) is 0 Å². The minimum absolute atomic E-state index is 0.0375. The predicted molar refractivity (Wildman–Crippen MR) is 89.2 cm³/mol. The quantitative estimate of drug-likeness (QED) is 0.849. The normalized spacial score (nSPS) is 34.0. The lowest BCUT2D eigenvalue weighted by Gasteiger charge is -2.56. The summed E-state index contributed by atoms with van der Waals surface area (Å²) in [6.45, 7) is 0. The highest BCUT2D eigenvalue weighted by molar-refractivity contribution is 6.32. The van der Waals surface area contributed by atoms with Crippen LogP contribution in [0.5, 0.6) is 0 Å². The van der Waals surface area contributed by atoms with Gasteiger partial charge in [-0.25, -0.2) is 4.79 Å². The molecule has 1 aromatic carbocycles. The minimum atomic E-state index is -0.217. The largest absolute Gasteiger partial charge is 0.332 e. The number of amides is 2. The van der Waals surface area contributed by atoms with Gasteiger partial charge in [0.05, 0.1) is 16.3 Å². The first kappa shape index (κ1) is 14.8. The highest BCUT2D eigenvalue weighted by atomic mass is 35.5. The number of urea groups is 1. The van der Waals surface area contributed by atoms with Gasteiger partial charge >= 0.3 is 6.03 Å². The number of halogens is 1. The average molecular weight is 330 g/mol. The van der Waals surface area contributed by atoms with Gasteiger partial charge in [0.2, 0.25) is 0 Å². The molecular weight excluding hydrogens is 310 g/mol. The van der Waals surface area contributed by atoms with E-state index in [-0.39, 0.29) is 11.6 Å². The van der Waals surface area contributed by atoms with Crippen molar-refractivity contribution in [3.63, 3.8) is 0 Å². The number of carbonyl (C=O) groups excluding carboxylic acids is 1. The van der Waals surface area contributed by atoms with Gasteiger partial charge in [0.1, 0.15) is 6.07 Å². The first-order chi connectivity index (χ1) is 11.1. The molecular formula is C18H20ClN3O. The van der Waals surface area contributed by atoms with E-state index in [0.29, 0.717) is 16.3 Å². The van der Waals surface area contributed by atoms with E-state index >= 15 is 0 Å². The van der Waals surface area contributed by atoms with Gasteiger partial charge < -0.3 is 10.6 Å². The third-order valence-corrected chi connectivity index (χ3v) is 6.11. The lowest BCUT2D eigenvalue weighted by molar-refractivity contribution is -0.0127. The van der Waals surface area contributed by atoms with E-state index in [2.05, 4.69) is 16.7 Å². The number of benzene rings is 1. The summed E-state index contributed by atoms with van der Waals surface area (Å²) in [5.74, 6) is 2.34. The molecule has 0 atom stereocenters. The molecule has 1 aromatic rings. The zero-order chi connectivity index (χ0) is 16.0. The van der Waals surface area contributed by atoms with E-state index in [9.17, 15) is 10.1 Å². The molecule has 0 heterocycles. The molecule has 23 heavy (non-hydrogen) atoms. The first-order valence-electron chi connectivity index (χ1n) is 8.35. The van der Waals surface area contributed by atoms with E-state index in [1.807, 2.05) is 0 Å². The van der Waals surface area contributed by atoms with Crippen molar-refractivity contribution >= 4 is 23.3 Å². The summed E-state index contributed by atoms with van der Waals surface area (Å²) in [6.07, 6.45) is 7.34. The average Bonchev–Trinajstić information content (AvgIpc) is 2.45. The molecule has 0 saturated heterocycles. The van der Waals surface area contributed by atoms with Crippen LogP contribution in [0.25, 0.3) is 0 Å². The number of anilines is 1. The van der Waals surface area contributed by atoms with Crippen molar-refractivity contribution in [2.45, 2.75) is 44.1 Å². The van der Waals surface area contributed by atoms with Gasteiger partial charge in [0, 0.05) is 5.54 Å². The Hall–Kier alpha value is -1.73. The third kappa shape index (κ3) is 2.68. The van der Waals surface area contributed by atoms with Gasteiger partial charge in [-0.15, -0.1) is 0 Å². The lowest BCUT2D eigenvalue weighted by Crippen LogP contribution is -2.60. The van der Waals surface area contributed by atoms with Crippen molar-refractivity contribution in [1.82, 2.24) is 5.32 Å². The molecule has 0 radical (unpaired) electrons.